The van der Waals surface area contributed by atoms with E-state index in [0.29, 0.717) is 31.2 Å². The molecule has 1 aliphatic heterocycles. The number of hydrogen-bond donors (Lipinski definition) is 0. The molecule has 2 heterocycles. The van der Waals surface area contributed by atoms with Crippen molar-refractivity contribution >= 4 is 11.8 Å². The first-order valence-corrected chi connectivity index (χ1v) is 8.44. The molecule has 2 aromatic rings. The van der Waals surface area contributed by atoms with Gasteiger partial charge in [-0.2, -0.15) is 0 Å². The molecule has 1 fully saturated rings. The minimum atomic E-state index is -0.140. The van der Waals surface area contributed by atoms with Crippen molar-refractivity contribution in [3.63, 3.8) is 0 Å². The van der Waals surface area contributed by atoms with Crippen molar-refractivity contribution in [2.24, 2.45) is 0 Å². The van der Waals surface area contributed by atoms with E-state index in [0.717, 1.165) is 5.56 Å². The van der Waals surface area contributed by atoms with Gasteiger partial charge in [0.05, 0.1) is 13.1 Å². The largest absolute Gasteiger partial charge is 0.423 e. The maximum Gasteiger partial charge on any atom is 0.242 e. The molecule has 132 valence electrons. The third kappa shape index (κ3) is 4.04. The maximum absolute atomic E-state index is 12.4. The molecule has 7 nitrogen and oxygen atoms in total. The van der Waals surface area contributed by atoms with Crippen molar-refractivity contribution in [1.29, 1.82) is 0 Å². The summed E-state index contributed by atoms with van der Waals surface area (Å²) in [6.07, 6.45) is 1.11. The van der Waals surface area contributed by atoms with E-state index in [2.05, 4.69) is 10.2 Å². The van der Waals surface area contributed by atoms with E-state index in [1.807, 2.05) is 37.3 Å². The Labute approximate surface area is 146 Å². The summed E-state index contributed by atoms with van der Waals surface area (Å²) in [5, 5.41) is 7.80. The maximum atomic E-state index is 12.4. The highest BCUT2D eigenvalue weighted by molar-refractivity contribution is 5.86. The molecule has 7 heteroatoms. The van der Waals surface area contributed by atoms with Crippen molar-refractivity contribution in [2.75, 3.05) is 20.1 Å². The van der Waals surface area contributed by atoms with Gasteiger partial charge in [0.25, 0.3) is 0 Å². The quantitative estimate of drug-likeness (QED) is 0.797. The molecule has 0 spiro atoms. The second-order valence-corrected chi connectivity index (χ2v) is 6.28. The number of aryl methyl sites for hydroxylation is 1. The van der Waals surface area contributed by atoms with Crippen LogP contribution >= 0.6 is 0 Å². The van der Waals surface area contributed by atoms with E-state index in [4.69, 9.17) is 4.42 Å². The lowest BCUT2D eigenvalue weighted by atomic mass is 9.99. The molecule has 0 N–H and O–H groups in total. The summed E-state index contributed by atoms with van der Waals surface area (Å²) in [5.41, 5.74) is 1.14. The first-order valence-electron chi connectivity index (χ1n) is 8.44. The Bertz CT molecular complexity index is 744. The third-order valence-corrected chi connectivity index (χ3v) is 4.42. The van der Waals surface area contributed by atoms with Crippen LogP contribution in [0.5, 0.6) is 0 Å². The van der Waals surface area contributed by atoms with E-state index >= 15 is 0 Å². The SMILES string of the molecule is CCc1nnc(CN(C)C(=O)CN2C[C@H](c3ccccc3)CC2=O)o1. The van der Waals surface area contributed by atoms with Gasteiger partial charge in [-0.25, -0.2) is 0 Å². The van der Waals surface area contributed by atoms with Gasteiger partial charge in [0.2, 0.25) is 23.6 Å². The van der Waals surface area contributed by atoms with Crippen molar-refractivity contribution in [3.05, 3.63) is 47.7 Å². The summed E-state index contributed by atoms with van der Waals surface area (Å²) in [7, 11) is 1.67. The topological polar surface area (TPSA) is 79.5 Å². The van der Waals surface area contributed by atoms with E-state index in [9.17, 15) is 9.59 Å². The van der Waals surface area contributed by atoms with Gasteiger partial charge in [0.1, 0.15) is 0 Å². The number of hydrogen-bond acceptors (Lipinski definition) is 5. The lowest BCUT2D eigenvalue weighted by Crippen LogP contribution is -2.38. The minimum Gasteiger partial charge on any atom is -0.423 e. The van der Waals surface area contributed by atoms with Crippen LogP contribution in [0.15, 0.2) is 34.7 Å². The second kappa shape index (κ2) is 7.46. The Morgan fingerprint density at radius 1 is 1.28 bits per heavy atom. The van der Waals surface area contributed by atoms with Gasteiger partial charge in [-0.3, -0.25) is 9.59 Å². The first kappa shape index (κ1) is 17.1. The summed E-state index contributed by atoms with van der Waals surface area (Å²) in [6, 6.07) is 9.94. The van der Waals surface area contributed by atoms with Crippen LogP contribution in [0.4, 0.5) is 0 Å². The van der Waals surface area contributed by atoms with Gasteiger partial charge in [-0.1, -0.05) is 37.3 Å². The molecular weight excluding hydrogens is 320 g/mol. The van der Waals surface area contributed by atoms with Gasteiger partial charge in [-0.15, -0.1) is 10.2 Å². The number of carbonyl (C=O) groups is 2. The van der Waals surface area contributed by atoms with Crippen molar-refractivity contribution in [2.45, 2.75) is 32.2 Å². The zero-order chi connectivity index (χ0) is 17.8. The van der Waals surface area contributed by atoms with Gasteiger partial charge in [0, 0.05) is 32.4 Å². The van der Waals surface area contributed by atoms with Gasteiger partial charge >= 0.3 is 0 Å². The van der Waals surface area contributed by atoms with Crippen molar-refractivity contribution < 1.29 is 14.0 Å². The second-order valence-electron chi connectivity index (χ2n) is 6.28. The highest BCUT2D eigenvalue weighted by atomic mass is 16.4. The predicted octanol–water partition coefficient (Wildman–Crippen LogP) is 1.61. The minimum absolute atomic E-state index is 0.0154. The molecule has 0 unspecified atom stereocenters. The number of likely N-dealkylation sites (N-methyl/N-ethyl adjacent to an activating group) is 1. The molecule has 0 bridgehead atoms. The lowest BCUT2D eigenvalue weighted by Gasteiger charge is -2.21. The molecule has 1 aliphatic rings. The average molecular weight is 342 g/mol. The summed E-state index contributed by atoms with van der Waals surface area (Å²) in [5.74, 6) is 0.980. The molecule has 0 saturated carbocycles. The van der Waals surface area contributed by atoms with Crippen LogP contribution in [0.25, 0.3) is 0 Å². The van der Waals surface area contributed by atoms with Crippen LogP contribution in [-0.2, 0) is 22.6 Å². The van der Waals surface area contributed by atoms with E-state index in [1.54, 1.807) is 11.9 Å². The number of carbonyl (C=O) groups excluding carboxylic acids is 2. The summed E-state index contributed by atoms with van der Waals surface area (Å²) in [4.78, 5) is 27.8. The number of likely N-dealkylation sites (tertiary alicyclic amines) is 1. The predicted molar refractivity (Wildman–Crippen MR) is 90.5 cm³/mol. The number of rotatable bonds is 6. The fourth-order valence-electron chi connectivity index (χ4n) is 2.94. The third-order valence-electron chi connectivity index (χ3n) is 4.42. The summed E-state index contributed by atoms with van der Waals surface area (Å²) < 4.78 is 5.42. The van der Waals surface area contributed by atoms with Crippen LogP contribution < -0.4 is 0 Å². The van der Waals surface area contributed by atoms with Crippen LogP contribution in [-0.4, -0.2) is 51.9 Å². The molecule has 0 radical (unpaired) electrons. The number of benzene rings is 1. The van der Waals surface area contributed by atoms with E-state index in [-0.39, 0.29) is 30.8 Å². The monoisotopic (exact) mass is 342 g/mol. The molecule has 2 amide bonds. The van der Waals surface area contributed by atoms with Crippen molar-refractivity contribution in [1.82, 2.24) is 20.0 Å². The number of amides is 2. The standard InChI is InChI=1S/C18H22N4O3/c1-3-15-19-20-16(25-15)11-21(2)18(24)12-22-10-14(9-17(22)23)13-7-5-4-6-8-13/h4-8,14H,3,9-12H2,1-2H3/t14-/m1/s1. The van der Waals surface area contributed by atoms with Gasteiger partial charge in [-0.05, 0) is 5.56 Å². The molecule has 1 aromatic heterocycles. The highest BCUT2D eigenvalue weighted by Gasteiger charge is 2.32. The van der Waals surface area contributed by atoms with Crippen LogP contribution in [0, 0.1) is 0 Å². The highest BCUT2D eigenvalue weighted by Crippen LogP contribution is 2.27. The Kier molecular flexibility index (Phi) is 5.11. The molecule has 1 saturated heterocycles. The Morgan fingerprint density at radius 2 is 2.00 bits per heavy atom. The average Bonchev–Trinajstić information content (AvgIpc) is 3.22. The summed E-state index contributed by atoms with van der Waals surface area (Å²) >= 11 is 0. The fraction of sp³-hybridized carbons (Fsp3) is 0.444. The Morgan fingerprint density at radius 3 is 2.68 bits per heavy atom. The van der Waals surface area contributed by atoms with Crippen LogP contribution in [0.2, 0.25) is 0 Å². The molecule has 1 atom stereocenters. The smallest absolute Gasteiger partial charge is 0.242 e. The van der Waals surface area contributed by atoms with Gasteiger partial charge in [0.15, 0.2) is 0 Å². The zero-order valence-electron chi connectivity index (χ0n) is 14.5. The van der Waals surface area contributed by atoms with Crippen LogP contribution in [0.1, 0.15) is 36.6 Å². The molecule has 0 aliphatic carbocycles. The Balaban J connectivity index is 1.56. The summed E-state index contributed by atoms with van der Waals surface area (Å²) in [6.45, 7) is 2.82. The van der Waals surface area contributed by atoms with E-state index in [1.165, 1.54) is 4.90 Å². The molecule has 1 aromatic carbocycles. The number of nitrogens with zero attached hydrogens (tertiary/aromatic N) is 4. The van der Waals surface area contributed by atoms with Crippen LogP contribution in [0.3, 0.4) is 0 Å². The lowest BCUT2D eigenvalue weighted by molar-refractivity contribution is -0.138. The molecule has 25 heavy (non-hydrogen) atoms. The Hall–Kier alpha value is -2.70. The van der Waals surface area contributed by atoms with Gasteiger partial charge < -0.3 is 14.2 Å². The normalized spacial score (nSPS) is 17.1. The number of aromatic nitrogens is 2. The fourth-order valence-corrected chi connectivity index (χ4v) is 2.94. The molecular formula is C18H22N4O3. The first-order chi connectivity index (χ1) is 12.1. The van der Waals surface area contributed by atoms with Crippen molar-refractivity contribution in [3.8, 4) is 0 Å². The van der Waals surface area contributed by atoms with E-state index < -0.39 is 0 Å². The molecule has 3 rings (SSSR count). The zero-order valence-corrected chi connectivity index (χ0v) is 14.5.